The van der Waals surface area contributed by atoms with E-state index in [2.05, 4.69) is 28.2 Å². The number of fused-ring (bicyclic) bond motifs is 4. The SMILES string of the molecule is Cc1cc(-c2ncnc3cc(F)ccc23)c2oc3ccccc3c2c1. The Hall–Kier alpha value is -3.27. The normalized spacial score (nSPS) is 11.6. The molecule has 2 heterocycles. The first-order valence-corrected chi connectivity index (χ1v) is 8.03. The highest BCUT2D eigenvalue weighted by Crippen LogP contribution is 2.38. The zero-order chi connectivity index (χ0) is 17.0. The molecule has 120 valence electrons. The number of halogens is 1. The van der Waals surface area contributed by atoms with Gasteiger partial charge < -0.3 is 4.42 Å². The molecule has 0 aliphatic heterocycles. The van der Waals surface area contributed by atoms with Gasteiger partial charge in [-0.25, -0.2) is 14.4 Å². The smallest absolute Gasteiger partial charge is 0.144 e. The van der Waals surface area contributed by atoms with E-state index in [-0.39, 0.29) is 5.82 Å². The number of aromatic nitrogens is 2. The van der Waals surface area contributed by atoms with Gasteiger partial charge in [0.2, 0.25) is 0 Å². The van der Waals surface area contributed by atoms with Crippen molar-refractivity contribution in [2.45, 2.75) is 6.92 Å². The van der Waals surface area contributed by atoms with E-state index in [4.69, 9.17) is 4.42 Å². The number of aryl methyl sites for hydroxylation is 1. The van der Waals surface area contributed by atoms with Crippen molar-refractivity contribution in [2.24, 2.45) is 0 Å². The van der Waals surface area contributed by atoms with Gasteiger partial charge in [-0.15, -0.1) is 0 Å². The highest BCUT2D eigenvalue weighted by atomic mass is 19.1. The lowest BCUT2D eigenvalue weighted by Gasteiger charge is -2.07. The van der Waals surface area contributed by atoms with Crippen molar-refractivity contribution >= 4 is 32.8 Å². The topological polar surface area (TPSA) is 38.9 Å². The minimum Gasteiger partial charge on any atom is -0.455 e. The third kappa shape index (κ3) is 2.11. The van der Waals surface area contributed by atoms with Crippen LogP contribution in [0.1, 0.15) is 5.56 Å². The zero-order valence-electron chi connectivity index (χ0n) is 13.5. The van der Waals surface area contributed by atoms with Gasteiger partial charge >= 0.3 is 0 Å². The molecule has 0 atom stereocenters. The van der Waals surface area contributed by atoms with Crippen LogP contribution in [0.5, 0.6) is 0 Å². The Labute approximate surface area is 142 Å². The summed E-state index contributed by atoms with van der Waals surface area (Å²) in [5, 5.41) is 2.93. The minimum atomic E-state index is -0.310. The number of rotatable bonds is 1. The Kier molecular flexibility index (Phi) is 2.88. The van der Waals surface area contributed by atoms with Crippen molar-refractivity contribution in [1.82, 2.24) is 9.97 Å². The molecular formula is C21H13FN2O. The number of furan rings is 1. The molecular weight excluding hydrogens is 315 g/mol. The Bertz CT molecular complexity index is 1270. The van der Waals surface area contributed by atoms with E-state index in [0.717, 1.165) is 44.1 Å². The maximum absolute atomic E-state index is 13.5. The molecule has 3 aromatic carbocycles. The standard InChI is InChI=1S/C21H13FN2O/c1-12-8-16-14-4-2-3-5-19(14)25-21(16)17(9-12)20-15-7-6-13(22)10-18(15)23-11-24-20/h2-11H,1H3. The van der Waals surface area contributed by atoms with Gasteiger partial charge in [0.25, 0.3) is 0 Å². The molecule has 0 saturated carbocycles. The quantitative estimate of drug-likeness (QED) is 0.399. The summed E-state index contributed by atoms with van der Waals surface area (Å²) in [6, 6.07) is 16.7. The molecule has 4 heteroatoms. The van der Waals surface area contributed by atoms with Gasteiger partial charge in [0.1, 0.15) is 23.3 Å². The van der Waals surface area contributed by atoms with Crippen LogP contribution in [0.3, 0.4) is 0 Å². The molecule has 0 spiro atoms. The number of para-hydroxylation sites is 1. The summed E-state index contributed by atoms with van der Waals surface area (Å²) < 4.78 is 19.7. The van der Waals surface area contributed by atoms with Crippen LogP contribution in [0.25, 0.3) is 44.1 Å². The second kappa shape index (κ2) is 5.11. The molecule has 0 aliphatic rings. The average Bonchev–Trinajstić information content (AvgIpc) is 2.99. The van der Waals surface area contributed by atoms with Gasteiger partial charge in [-0.2, -0.15) is 0 Å². The number of benzene rings is 3. The van der Waals surface area contributed by atoms with Gasteiger partial charge in [0.05, 0.1) is 11.2 Å². The Balaban J connectivity index is 1.93. The average molecular weight is 328 g/mol. The van der Waals surface area contributed by atoms with E-state index < -0.39 is 0 Å². The molecule has 5 rings (SSSR count). The molecule has 5 aromatic rings. The van der Waals surface area contributed by atoms with Crippen molar-refractivity contribution in [3.05, 3.63) is 72.3 Å². The minimum absolute atomic E-state index is 0.310. The summed E-state index contributed by atoms with van der Waals surface area (Å²) in [4.78, 5) is 8.67. The molecule has 25 heavy (non-hydrogen) atoms. The fraction of sp³-hybridized carbons (Fsp3) is 0.0476. The fourth-order valence-corrected chi connectivity index (χ4v) is 3.39. The molecule has 0 bridgehead atoms. The molecule has 0 amide bonds. The lowest BCUT2D eigenvalue weighted by Crippen LogP contribution is -1.91. The molecule has 3 nitrogen and oxygen atoms in total. The molecule has 2 aromatic heterocycles. The first-order chi connectivity index (χ1) is 12.2. The van der Waals surface area contributed by atoms with Crippen LogP contribution < -0.4 is 0 Å². The second-order valence-corrected chi connectivity index (χ2v) is 6.17. The van der Waals surface area contributed by atoms with E-state index in [1.165, 1.54) is 18.5 Å². The van der Waals surface area contributed by atoms with Crippen LogP contribution in [0, 0.1) is 12.7 Å². The Morgan fingerprint density at radius 3 is 2.68 bits per heavy atom. The van der Waals surface area contributed by atoms with Crippen molar-refractivity contribution < 1.29 is 8.81 Å². The van der Waals surface area contributed by atoms with E-state index >= 15 is 0 Å². The van der Waals surface area contributed by atoms with Crippen molar-refractivity contribution in [3.8, 4) is 11.3 Å². The zero-order valence-corrected chi connectivity index (χ0v) is 13.5. The summed E-state index contributed by atoms with van der Waals surface area (Å²) in [7, 11) is 0. The molecule has 0 radical (unpaired) electrons. The van der Waals surface area contributed by atoms with Crippen LogP contribution >= 0.6 is 0 Å². The lowest BCUT2D eigenvalue weighted by molar-refractivity contribution is 0.629. The number of nitrogens with zero attached hydrogens (tertiary/aromatic N) is 2. The van der Waals surface area contributed by atoms with E-state index in [1.54, 1.807) is 6.07 Å². The summed E-state index contributed by atoms with van der Waals surface area (Å²) in [5.74, 6) is -0.310. The molecule has 0 unspecified atom stereocenters. The predicted molar refractivity (Wildman–Crippen MR) is 96.9 cm³/mol. The highest BCUT2D eigenvalue weighted by molar-refractivity contribution is 6.11. The second-order valence-electron chi connectivity index (χ2n) is 6.17. The van der Waals surface area contributed by atoms with E-state index in [9.17, 15) is 4.39 Å². The molecule has 0 N–H and O–H groups in total. The third-order valence-electron chi connectivity index (χ3n) is 4.48. The number of hydrogen-bond donors (Lipinski definition) is 0. The van der Waals surface area contributed by atoms with Crippen LogP contribution in [-0.2, 0) is 0 Å². The van der Waals surface area contributed by atoms with Crippen LogP contribution in [0.15, 0.2) is 65.3 Å². The van der Waals surface area contributed by atoms with E-state index in [1.807, 2.05) is 25.1 Å². The van der Waals surface area contributed by atoms with Gasteiger partial charge in [-0.1, -0.05) is 18.2 Å². The number of hydrogen-bond acceptors (Lipinski definition) is 3. The summed E-state index contributed by atoms with van der Waals surface area (Å²) in [6.45, 7) is 2.05. The van der Waals surface area contributed by atoms with Gasteiger partial charge in [0, 0.05) is 27.8 Å². The van der Waals surface area contributed by atoms with Crippen molar-refractivity contribution in [3.63, 3.8) is 0 Å². The van der Waals surface area contributed by atoms with E-state index in [0.29, 0.717) is 5.52 Å². The largest absolute Gasteiger partial charge is 0.455 e. The maximum atomic E-state index is 13.5. The Morgan fingerprint density at radius 2 is 1.76 bits per heavy atom. The monoisotopic (exact) mass is 328 g/mol. The van der Waals surface area contributed by atoms with Gasteiger partial charge in [0.15, 0.2) is 0 Å². The van der Waals surface area contributed by atoms with Gasteiger partial charge in [-0.05, 0) is 42.8 Å². The first kappa shape index (κ1) is 14.1. The molecule has 0 saturated heterocycles. The van der Waals surface area contributed by atoms with Crippen LogP contribution in [0.2, 0.25) is 0 Å². The maximum Gasteiger partial charge on any atom is 0.144 e. The van der Waals surface area contributed by atoms with Gasteiger partial charge in [-0.3, -0.25) is 0 Å². The summed E-state index contributed by atoms with van der Waals surface area (Å²) >= 11 is 0. The summed E-state index contributed by atoms with van der Waals surface area (Å²) in [5.41, 5.74) is 4.96. The molecule has 0 fully saturated rings. The lowest BCUT2D eigenvalue weighted by atomic mass is 10.0. The van der Waals surface area contributed by atoms with Crippen molar-refractivity contribution in [2.75, 3.05) is 0 Å². The first-order valence-electron chi connectivity index (χ1n) is 8.03. The highest BCUT2D eigenvalue weighted by Gasteiger charge is 2.16. The molecule has 0 aliphatic carbocycles. The predicted octanol–water partition coefficient (Wildman–Crippen LogP) is 5.64. The fourth-order valence-electron chi connectivity index (χ4n) is 3.39. The van der Waals surface area contributed by atoms with Crippen molar-refractivity contribution in [1.29, 1.82) is 0 Å². The summed E-state index contributed by atoms with van der Waals surface area (Å²) in [6.07, 6.45) is 1.47. The third-order valence-corrected chi connectivity index (χ3v) is 4.48. The Morgan fingerprint density at radius 1 is 0.880 bits per heavy atom. The van der Waals surface area contributed by atoms with Crippen LogP contribution in [0.4, 0.5) is 4.39 Å². The van der Waals surface area contributed by atoms with Crippen LogP contribution in [-0.4, -0.2) is 9.97 Å².